The van der Waals surface area contributed by atoms with Crippen molar-refractivity contribution >= 4 is 0 Å². The molecule has 106 valence electrons. The van der Waals surface area contributed by atoms with Crippen molar-refractivity contribution in [2.24, 2.45) is 5.92 Å². The summed E-state index contributed by atoms with van der Waals surface area (Å²) in [5, 5.41) is 9.74. The van der Waals surface area contributed by atoms with Gasteiger partial charge in [-0.1, -0.05) is 0 Å². The fourth-order valence-corrected chi connectivity index (χ4v) is 2.35. The second-order valence-electron chi connectivity index (χ2n) is 4.87. The van der Waals surface area contributed by atoms with Crippen LogP contribution in [0.25, 0.3) is 0 Å². The van der Waals surface area contributed by atoms with E-state index >= 15 is 0 Å². The van der Waals surface area contributed by atoms with Crippen LogP contribution in [0.5, 0.6) is 0 Å². The summed E-state index contributed by atoms with van der Waals surface area (Å²) >= 11 is 0. The molecule has 1 fully saturated rings. The molecule has 1 N–H and O–H groups in total. The molecule has 3 rings (SSSR count). The lowest BCUT2D eigenvalue weighted by Gasteiger charge is -2.27. The Morgan fingerprint density at radius 1 is 1.11 bits per heavy atom. The molecule has 0 aromatic carbocycles. The van der Waals surface area contributed by atoms with Gasteiger partial charge in [0.05, 0.1) is 6.04 Å². The molecule has 1 unspecified atom stereocenters. The van der Waals surface area contributed by atoms with Gasteiger partial charge in [-0.2, -0.15) is 22.0 Å². The van der Waals surface area contributed by atoms with E-state index in [2.05, 4.69) is 15.5 Å². The zero-order chi connectivity index (χ0) is 13.8. The molecule has 1 aliphatic heterocycles. The Morgan fingerprint density at radius 3 is 2.37 bits per heavy atom. The number of rotatable bonds is 2. The Balaban J connectivity index is 2.01. The highest BCUT2D eigenvalue weighted by Crippen LogP contribution is 2.46. The number of aromatic nitrogens is 3. The molecule has 4 nitrogen and oxygen atoms in total. The zero-order valence-corrected chi connectivity index (χ0v) is 9.71. The number of nitrogens with zero attached hydrogens (tertiary/aromatic N) is 3. The Hall–Kier alpha value is -1.25. The van der Waals surface area contributed by atoms with Gasteiger partial charge in [0.2, 0.25) is 5.82 Å². The van der Waals surface area contributed by atoms with Crippen LogP contribution >= 0.6 is 0 Å². The van der Waals surface area contributed by atoms with Gasteiger partial charge in [-0.25, -0.2) is 0 Å². The first-order chi connectivity index (χ1) is 8.82. The maximum absolute atomic E-state index is 13.4. The number of alkyl halides is 5. The Labute approximate surface area is 105 Å². The lowest BCUT2D eigenvalue weighted by molar-refractivity contribution is -0.293. The molecule has 1 aromatic rings. The van der Waals surface area contributed by atoms with Gasteiger partial charge < -0.3 is 9.88 Å². The van der Waals surface area contributed by atoms with Crippen molar-refractivity contribution < 1.29 is 22.0 Å². The second-order valence-corrected chi connectivity index (χ2v) is 4.87. The van der Waals surface area contributed by atoms with Crippen LogP contribution in [0.1, 0.15) is 30.5 Å². The molecule has 2 heterocycles. The van der Waals surface area contributed by atoms with Crippen LogP contribution < -0.4 is 5.32 Å². The quantitative estimate of drug-likeness (QED) is 0.844. The van der Waals surface area contributed by atoms with E-state index in [-0.39, 0.29) is 24.3 Å². The van der Waals surface area contributed by atoms with Gasteiger partial charge in [0, 0.05) is 13.1 Å². The van der Waals surface area contributed by atoms with Gasteiger partial charge in [-0.05, 0) is 18.8 Å². The first-order valence-corrected chi connectivity index (χ1v) is 5.94. The van der Waals surface area contributed by atoms with Crippen LogP contribution in [0, 0.1) is 5.92 Å². The number of hydrogen-bond donors (Lipinski definition) is 1. The molecule has 1 atom stereocenters. The molecule has 0 saturated heterocycles. The van der Waals surface area contributed by atoms with Gasteiger partial charge in [0.1, 0.15) is 0 Å². The molecule has 1 saturated carbocycles. The maximum atomic E-state index is 13.4. The minimum absolute atomic E-state index is 0.0204. The molecule has 1 aliphatic carbocycles. The van der Waals surface area contributed by atoms with E-state index in [1.54, 1.807) is 0 Å². The lowest BCUT2D eigenvalue weighted by atomic mass is 10.1. The Bertz CT molecular complexity index is 491. The molecule has 0 spiro atoms. The smallest absolute Gasteiger partial charge is 0.307 e. The van der Waals surface area contributed by atoms with E-state index < -0.39 is 17.9 Å². The standard InChI is InChI=1S/C10H11F5N4/c11-9(12,10(13,14)15)8-18-17-7-6(5-1-2-5)16-3-4-19(7)8/h5-6,16H,1-4H2. The normalized spacial score (nSPS) is 24.4. The predicted octanol–water partition coefficient (Wildman–Crippen LogP) is 1.99. The van der Waals surface area contributed by atoms with Gasteiger partial charge >= 0.3 is 12.1 Å². The number of fused-ring (bicyclic) bond motifs is 1. The first-order valence-electron chi connectivity index (χ1n) is 5.94. The topological polar surface area (TPSA) is 42.7 Å². The van der Waals surface area contributed by atoms with Crippen molar-refractivity contribution in [1.82, 2.24) is 20.1 Å². The summed E-state index contributed by atoms with van der Waals surface area (Å²) in [7, 11) is 0. The fraction of sp³-hybridized carbons (Fsp3) is 0.800. The molecular formula is C10H11F5N4. The van der Waals surface area contributed by atoms with E-state index in [1.807, 2.05) is 0 Å². The monoisotopic (exact) mass is 282 g/mol. The van der Waals surface area contributed by atoms with Crippen molar-refractivity contribution in [2.45, 2.75) is 37.5 Å². The summed E-state index contributed by atoms with van der Waals surface area (Å²) in [4.78, 5) is 0. The summed E-state index contributed by atoms with van der Waals surface area (Å²) in [6, 6.07) is -0.265. The molecule has 1 aromatic heterocycles. The summed E-state index contributed by atoms with van der Waals surface area (Å²) < 4.78 is 64.8. The number of nitrogens with one attached hydrogen (secondary N) is 1. The fourth-order valence-electron chi connectivity index (χ4n) is 2.35. The van der Waals surface area contributed by atoms with Crippen molar-refractivity contribution in [2.75, 3.05) is 6.54 Å². The first kappa shape index (κ1) is 12.8. The Morgan fingerprint density at radius 2 is 1.79 bits per heavy atom. The SMILES string of the molecule is FC(F)(F)C(F)(F)c1nnc2n1CCNC2C1CC1. The molecule has 0 bridgehead atoms. The summed E-state index contributed by atoms with van der Waals surface area (Å²) in [6.07, 6.45) is -3.80. The average molecular weight is 282 g/mol. The third-order valence-electron chi connectivity index (χ3n) is 3.49. The predicted molar refractivity (Wildman–Crippen MR) is 53.4 cm³/mol. The van der Waals surface area contributed by atoms with Gasteiger partial charge in [-0.3, -0.25) is 0 Å². The van der Waals surface area contributed by atoms with E-state index in [1.165, 1.54) is 0 Å². The third-order valence-corrected chi connectivity index (χ3v) is 3.49. The van der Waals surface area contributed by atoms with Crippen LogP contribution in [0.2, 0.25) is 0 Å². The highest BCUT2D eigenvalue weighted by molar-refractivity contribution is 5.12. The van der Waals surface area contributed by atoms with E-state index in [9.17, 15) is 22.0 Å². The minimum atomic E-state index is -5.66. The van der Waals surface area contributed by atoms with Crippen LogP contribution in [0.4, 0.5) is 22.0 Å². The van der Waals surface area contributed by atoms with Crippen molar-refractivity contribution in [3.63, 3.8) is 0 Å². The van der Waals surface area contributed by atoms with E-state index in [0.717, 1.165) is 17.4 Å². The largest absolute Gasteiger partial charge is 0.461 e. The molecule has 0 amide bonds. The van der Waals surface area contributed by atoms with Crippen LogP contribution in [-0.4, -0.2) is 27.5 Å². The second kappa shape index (κ2) is 3.87. The van der Waals surface area contributed by atoms with Crippen molar-refractivity contribution in [1.29, 1.82) is 0 Å². The highest BCUT2D eigenvalue weighted by atomic mass is 19.4. The van der Waals surface area contributed by atoms with Gasteiger partial charge in [-0.15, -0.1) is 10.2 Å². The van der Waals surface area contributed by atoms with Gasteiger partial charge in [0.25, 0.3) is 0 Å². The number of hydrogen-bond acceptors (Lipinski definition) is 3. The van der Waals surface area contributed by atoms with Crippen molar-refractivity contribution in [3.05, 3.63) is 11.6 Å². The van der Waals surface area contributed by atoms with Crippen LogP contribution in [-0.2, 0) is 12.5 Å². The molecular weight excluding hydrogens is 271 g/mol. The molecule has 9 heteroatoms. The van der Waals surface area contributed by atoms with E-state index in [4.69, 9.17) is 0 Å². The van der Waals surface area contributed by atoms with Gasteiger partial charge in [0.15, 0.2) is 5.82 Å². The summed E-state index contributed by atoms with van der Waals surface area (Å²) in [6.45, 7) is 0.361. The van der Waals surface area contributed by atoms with Crippen molar-refractivity contribution in [3.8, 4) is 0 Å². The van der Waals surface area contributed by atoms with Crippen LogP contribution in [0.3, 0.4) is 0 Å². The summed E-state index contributed by atoms with van der Waals surface area (Å²) in [5.74, 6) is -5.82. The maximum Gasteiger partial charge on any atom is 0.461 e. The highest BCUT2D eigenvalue weighted by Gasteiger charge is 2.62. The average Bonchev–Trinajstić information content (AvgIpc) is 3.05. The summed E-state index contributed by atoms with van der Waals surface area (Å²) in [5.41, 5.74) is 0. The molecule has 2 aliphatic rings. The lowest BCUT2D eigenvalue weighted by Crippen LogP contribution is -2.40. The van der Waals surface area contributed by atoms with Crippen LogP contribution in [0.15, 0.2) is 0 Å². The Kier molecular flexibility index (Phi) is 2.60. The zero-order valence-electron chi connectivity index (χ0n) is 9.71. The van der Waals surface area contributed by atoms with E-state index in [0.29, 0.717) is 6.54 Å². The third kappa shape index (κ3) is 1.90. The molecule has 0 radical (unpaired) electrons. The molecule has 19 heavy (non-hydrogen) atoms. The minimum Gasteiger partial charge on any atom is -0.307 e. The number of halogens is 5.